The predicted molar refractivity (Wildman–Crippen MR) is 97.4 cm³/mol. The van der Waals surface area contributed by atoms with E-state index in [1.165, 1.54) is 24.3 Å². The maximum Gasteiger partial charge on any atom is 0.280 e. The normalized spacial score (nSPS) is 18.9. The Balaban J connectivity index is 1.17. The summed E-state index contributed by atoms with van der Waals surface area (Å²) >= 11 is 0. The number of nitrogens with zero attached hydrogens (tertiary/aromatic N) is 6. The van der Waals surface area contributed by atoms with Crippen LogP contribution in [0.15, 0.2) is 35.0 Å². The van der Waals surface area contributed by atoms with Gasteiger partial charge >= 0.3 is 0 Å². The minimum Gasteiger partial charge on any atom is -0.484 e. The number of carbonyl (C=O) groups excluding carboxylic acids is 1. The van der Waals surface area contributed by atoms with Crippen molar-refractivity contribution >= 4 is 5.91 Å². The molecule has 1 atom stereocenters. The van der Waals surface area contributed by atoms with Crippen LogP contribution < -0.4 is 4.74 Å². The number of carbonyl (C=O) groups is 1. The molecule has 29 heavy (non-hydrogen) atoms. The fourth-order valence-corrected chi connectivity index (χ4v) is 3.35. The summed E-state index contributed by atoms with van der Waals surface area (Å²) in [4.78, 5) is 18.5. The molecule has 1 aliphatic heterocycles. The van der Waals surface area contributed by atoms with Gasteiger partial charge in [-0.05, 0) is 43.5 Å². The minimum absolute atomic E-state index is 0.0249. The van der Waals surface area contributed by atoms with Gasteiger partial charge in [0.25, 0.3) is 11.8 Å². The molecule has 2 aliphatic rings. The van der Waals surface area contributed by atoms with Crippen LogP contribution in [0.2, 0.25) is 0 Å². The van der Waals surface area contributed by atoms with Crippen molar-refractivity contribution in [3.05, 3.63) is 42.1 Å². The van der Waals surface area contributed by atoms with E-state index in [1.54, 1.807) is 15.8 Å². The number of hydrogen-bond acceptors (Lipinski definition) is 7. The van der Waals surface area contributed by atoms with Crippen molar-refractivity contribution in [1.29, 1.82) is 0 Å². The van der Waals surface area contributed by atoms with E-state index in [0.717, 1.165) is 25.1 Å². The van der Waals surface area contributed by atoms with Crippen LogP contribution in [0.1, 0.15) is 37.0 Å². The number of hydrogen-bond donors (Lipinski definition) is 0. The highest BCUT2D eigenvalue weighted by molar-refractivity contribution is 5.78. The van der Waals surface area contributed by atoms with E-state index in [0.29, 0.717) is 36.3 Å². The molecule has 150 valence electrons. The average molecular weight is 398 g/mol. The van der Waals surface area contributed by atoms with Gasteiger partial charge in [0, 0.05) is 19.0 Å². The average Bonchev–Trinajstić information content (AvgIpc) is 3.16. The van der Waals surface area contributed by atoms with Crippen LogP contribution in [0.25, 0.3) is 11.6 Å². The van der Waals surface area contributed by atoms with Crippen LogP contribution in [0.4, 0.5) is 4.39 Å². The van der Waals surface area contributed by atoms with E-state index in [4.69, 9.17) is 9.26 Å². The van der Waals surface area contributed by atoms with E-state index >= 15 is 0 Å². The molecule has 0 bridgehead atoms. The zero-order chi connectivity index (χ0) is 19.8. The third-order valence-electron chi connectivity index (χ3n) is 5.18. The van der Waals surface area contributed by atoms with Crippen LogP contribution in [0, 0.1) is 5.82 Å². The molecule has 1 aliphatic carbocycles. The third-order valence-corrected chi connectivity index (χ3v) is 5.18. The van der Waals surface area contributed by atoms with Gasteiger partial charge in [-0.3, -0.25) is 4.79 Å². The smallest absolute Gasteiger partial charge is 0.280 e. The molecule has 0 radical (unpaired) electrons. The lowest BCUT2D eigenvalue weighted by Crippen LogP contribution is -2.33. The van der Waals surface area contributed by atoms with Crippen LogP contribution in [-0.4, -0.2) is 55.6 Å². The molecule has 3 aromatic rings. The molecule has 1 amide bonds. The highest BCUT2D eigenvalue weighted by Crippen LogP contribution is 2.38. The summed E-state index contributed by atoms with van der Waals surface area (Å²) in [7, 11) is 0. The molecule has 1 saturated heterocycles. The Morgan fingerprint density at radius 3 is 2.86 bits per heavy atom. The number of likely N-dealkylation sites (tertiary alicyclic amines) is 1. The zero-order valence-electron chi connectivity index (χ0n) is 15.6. The molecule has 2 fully saturated rings. The first-order valence-corrected chi connectivity index (χ1v) is 9.57. The lowest BCUT2D eigenvalue weighted by molar-refractivity contribution is -0.132. The number of aromatic nitrogens is 5. The second kappa shape index (κ2) is 7.26. The van der Waals surface area contributed by atoms with Crippen LogP contribution in [0.3, 0.4) is 0 Å². The molecule has 1 aromatic carbocycles. The maximum absolute atomic E-state index is 12.9. The molecule has 1 saturated carbocycles. The highest BCUT2D eigenvalue weighted by Gasteiger charge is 2.31. The van der Waals surface area contributed by atoms with E-state index in [2.05, 4.69) is 20.5 Å². The first kappa shape index (κ1) is 17.8. The standard InChI is InChI=1S/C19H19FN6O3/c20-13-3-5-15(6-4-13)28-11-17(27)25-8-7-14(9-25)26-10-16(22-24-26)19-21-18(23-29-19)12-1-2-12/h3-6,10,12,14H,1-2,7-9,11H2. The van der Waals surface area contributed by atoms with Gasteiger partial charge in [0.05, 0.1) is 12.2 Å². The molecule has 1 unspecified atom stereocenters. The van der Waals surface area contributed by atoms with Crippen molar-refractivity contribution in [2.75, 3.05) is 19.7 Å². The fraction of sp³-hybridized carbons (Fsp3) is 0.421. The van der Waals surface area contributed by atoms with Gasteiger partial charge in [-0.2, -0.15) is 4.98 Å². The number of amides is 1. The van der Waals surface area contributed by atoms with Crippen molar-refractivity contribution in [3.63, 3.8) is 0 Å². The van der Waals surface area contributed by atoms with Crippen molar-refractivity contribution in [2.45, 2.75) is 31.2 Å². The summed E-state index contributed by atoms with van der Waals surface area (Å²) < 4.78 is 25.4. The Morgan fingerprint density at radius 2 is 2.07 bits per heavy atom. The van der Waals surface area contributed by atoms with Gasteiger partial charge in [-0.15, -0.1) is 5.10 Å². The monoisotopic (exact) mass is 398 g/mol. The Bertz CT molecular complexity index is 1010. The van der Waals surface area contributed by atoms with Crippen LogP contribution in [0.5, 0.6) is 5.75 Å². The summed E-state index contributed by atoms with van der Waals surface area (Å²) in [6.45, 7) is 1.04. The zero-order valence-corrected chi connectivity index (χ0v) is 15.6. The topological polar surface area (TPSA) is 99.2 Å². The first-order chi connectivity index (χ1) is 14.2. The van der Waals surface area contributed by atoms with Crippen molar-refractivity contribution in [2.24, 2.45) is 0 Å². The van der Waals surface area contributed by atoms with Gasteiger partial charge in [-0.1, -0.05) is 10.4 Å². The second-order valence-corrected chi connectivity index (χ2v) is 7.34. The Morgan fingerprint density at radius 1 is 1.24 bits per heavy atom. The number of halogens is 1. The lowest BCUT2D eigenvalue weighted by atomic mass is 10.3. The van der Waals surface area contributed by atoms with Gasteiger partial charge in [-0.25, -0.2) is 9.07 Å². The van der Waals surface area contributed by atoms with Gasteiger partial charge in [0.1, 0.15) is 11.6 Å². The number of benzene rings is 1. The predicted octanol–water partition coefficient (Wildman–Crippen LogP) is 2.20. The van der Waals surface area contributed by atoms with E-state index in [1.807, 2.05) is 0 Å². The largest absolute Gasteiger partial charge is 0.484 e. The highest BCUT2D eigenvalue weighted by atomic mass is 19.1. The van der Waals surface area contributed by atoms with Gasteiger partial charge in [0.15, 0.2) is 18.1 Å². The summed E-state index contributed by atoms with van der Waals surface area (Å²) in [5.74, 6) is 1.51. The molecule has 3 heterocycles. The molecule has 5 rings (SSSR count). The summed E-state index contributed by atoms with van der Waals surface area (Å²) in [6.07, 6.45) is 4.74. The third kappa shape index (κ3) is 3.82. The number of rotatable bonds is 6. The quantitative estimate of drug-likeness (QED) is 0.628. The van der Waals surface area contributed by atoms with Crippen LogP contribution in [-0.2, 0) is 4.79 Å². The number of ether oxygens (including phenoxy) is 1. The first-order valence-electron chi connectivity index (χ1n) is 9.57. The molecule has 0 spiro atoms. The fourth-order valence-electron chi connectivity index (χ4n) is 3.35. The Hall–Kier alpha value is -3.30. The minimum atomic E-state index is -0.345. The van der Waals surface area contributed by atoms with Gasteiger partial charge in [0.2, 0.25) is 0 Å². The molecular weight excluding hydrogens is 379 g/mol. The van der Waals surface area contributed by atoms with E-state index in [9.17, 15) is 9.18 Å². The molecule has 0 N–H and O–H groups in total. The summed E-state index contributed by atoms with van der Waals surface area (Å²) in [6, 6.07) is 5.62. The van der Waals surface area contributed by atoms with Crippen molar-refractivity contribution in [3.8, 4) is 17.3 Å². The van der Waals surface area contributed by atoms with Crippen LogP contribution >= 0.6 is 0 Å². The van der Waals surface area contributed by atoms with Crippen molar-refractivity contribution < 1.29 is 18.4 Å². The maximum atomic E-state index is 12.9. The van der Waals surface area contributed by atoms with E-state index < -0.39 is 0 Å². The Kier molecular flexibility index (Phi) is 4.45. The molecule has 10 heteroatoms. The second-order valence-electron chi connectivity index (χ2n) is 7.34. The molecule has 9 nitrogen and oxygen atoms in total. The molecular formula is C19H19FN6O3. The van der Waals surface area contributed by atoms with Gasteiger partial charge < -0.3 is 14.2 Å². The summed E-state index contributed by atoms with van der Waals surface area (Å²) in [5.41, 5.74) is 0.536. The molecule has 2 aromatic heterocycles. The Labute approximate surface area is 165 Å². The van der Waals surface area contributed by atoms with E-state index in [-0.39, 0.29) is 24.4 Å². The SMILES string of the molecule is O=C(COc1ccc(F)cc1)N1CCC(n2cc(-c3nc(C4CC4)no3)nn2)C1. The summed E-state index contributed by atoms with van der Waals surface area (Å²) in [5, 5.41) is 12.3. The van der Waals surface area contributed by atoms with Crippen molar-refractivity contribution in [1.82, 2.24) is 30.0 Å². The lowest BCUT2D eigenvalue weighted by Gasteiger charge is -2.16.